The lowest BCUT2D eigenvalue weighted by atomic mass is 10.1. The van der Waals surface area contributed by atoms with Gasteiger partial charge < -0.3 is 4.42 Å². The molecule has 1 aromatic heterocycles. The van der Waals surface area contributed by atoms with Crippen LogP contribution in [0.25, 0.3) is 11.5 Å². The Bertz CT molecular complexity index is 1410. The Kier molecular flexibility index (Phi) is 6.11. The molecule has 172 valence electrons. The Morgan fingerprint density at radius 3 is 1.82 bits per heavy atom. The van der Waals surface area contributed by atoms with Gasteiger partial charge in [0.05, 0.1) is 4.90 Å². The molecule has 4 rings (SSSR count). The van der Waals surface area contributed by atoms with Gasteiger partial charge in [0.2, 0.25) is 15.9 Å². The largest absolute Gasteiger partial charge is 0.422 e. The van der Waals surface area contributed by atoms with Gasteiger partial charge in [0.1, 0.15) is 6.07 Å². The van der Waals surface area contributed by atoms with Gasteiger partial charge in [-0.15, -0.1) is 0 Å². The number of hydrogen-bond donors (Lipinski definition) is 0. The van der Waals surface area contributed by atoms with Crippen molar-refractivity contribution in [2.75, 3.05) is 26.2 Å². The van der Waals surface area contributed by atoms with Crippen molar-refractivity contribution in [3.63, 3.8) is 0 Å². The number of nitriles is 1. The second-order valence-corrected chi connectivity index (χ2v) is 11.5. The number of aromatic nitrogens is 1. The van der Waals surface area contributed by atoms with Gasteiger partial charge in [-0.05, 0) is 38.1 Å². The summed E-state index contributed by atoms with van der Waals surface area (Å²) < 4.78 is 60.1. The van der Waals surface area contributed by atoms with E-state index in [1.807, 2.05) is 26.0 Å². The summed E-state index contributed by atoms with van der Waals surface area (Å²) in [5.41, 5.74) is 2.17. The van der Waals surface area contributed by atoms with Crippen LogP contribution >= 0.6 is 0 Å². The second-order valence-electron chi connectivity index (χ2n) is 7.75. The molecule has 0 aliphatic carbocycles. The molecule has 11 heteroatoms. The predicted octanol–water partition coefficient (Wildman–Crippen LogP) is 2.53. The zero-order valence-corrected chi connectivity index (χ0v) is 19.7. The SMILES string of the molecule is Cc1ccc(-c2nc(C#N)c(S(=O)(=O)N3CCN(S(=O)(=O)c4ccc(C)cc4)CC3)o2)cc1. The van der Waals surface area contributed by atoms with Crippen molar-refractivity contribution in [1.29, 1.82) is 5.26 Å². The molecule has 0 unspecified atom stereocenters. The highest BCUT2D eigenvalue weighted by atomic mass is 32.2. The van der Waals surface area contributed by atoms with Gasteiger partial charge in [0, 0.05) is 31.7 Å². The molecule has 0 radical (unpaired) electrons. The van der Waals surface area contributed by atoms with Crippen molar-refractivity contribution in [3.8, 4) is 17.5 Å². The number of nitrogens with zero attached hydrogens (tertiary/aromatic N) is 4. The number of hydrogen-bond acceptors (Lipinski definition) is 7. The van der Waals surface area contributed by atoms with Crippen molar-refractivity contribution in [1.82, 2.24) is 13.6 Å². The fraction of sp³-hybridized carbons (Fsp3) is 0.273. The third-order valence-corrected chi connectivity index (χ3v) is 9.13. The molecule has 1 fully saturated rings. The number of benzene rings is 2. The summed E-state index contributed by atoms with van der Waals surface area (Å²) in [5, 5.41) is 8.90. The van der Waals surface area contributed by atoms with Gasteiger partial charge in [0.25, 0.3) is 15.1 Å². The number of rotatable bonds is 5. The molecule has 1 saturated heterocycles. The first-order valence-corrected chi connectivity index (χ1v) is 13.1. The van der Waals surface area contributed by atoms with E-state index in [1.54, 1.807) is 30.3 Å². The highest BCUT2D eigenvalue weighted by Gasteiger charge is 2.37. The van der Waals surface area contributed by atoms with Crippen molar-refractivity contribution < 1.29 is 21.3 Å². The molecule has 0 saturated carbocycles. The summed E-state index contributed by atoms with van der Waals surface area (Å²) >= 11 is 0. The van der Waals surface area contributed by atoms with Crippen LogP contribution < -0.4 is 0 Å². The normalized spacial score (nSPS) is 15.9. The first kappa shape index (κ1) is 23.1. The van der Waals surface area contributed by atoms with Crippen molar-refractivity contribution in [3.05, 3.63) is 65.4 Å². The minimum atomic E-state index is -4.18. The van der Waals surface area contributed by atoms with E-state index in [-0.39, 0.29) is 42.7 Å². The third-order valence-electron chi connectivity index (χ3n) is 5.43. The monoisotopic (exact) mass is 486 g/mol. The van der Waals surface area contributed by atoms with Crippen LogP contribution in [0.2, 0.25) is 0 Å². The van der Waals surface area contributed by atoms with Crippen LogP contribution in [0.3, 0.4) is 0 Å². The van der Waals surface area contributed by atoms with Crippen LogP contribution in [-0.4, -0.2) is 56.6 Å². The molecule has 3 aromatic rings. The van der Waals surface area contributed by atoms with E-state index in [0.717, 1.165) is 15.4 Å². The van der Waals surface area contributed by atoms with E-state index >= 15 is 0 Å². The number of piperazine rings is 1. The van der Waals surface area contributed by atoms with Gasteiger partial charge in [-0.1, -0.05) is 35.4 Å². The maximum absolute atomic E-state index is 13.2. The molecule has 2 aromatic carbocycles. The molecular formula is C22H22N4O5S2. The Balaban J connectivity index is 1.55. The molecule has 0 bridgehead atoms. The minimum Gasteiger partial charge on any atom is -0.422 e. The van der Waals surface area contributed by atoms with Crippen molar-refractivity contribution in [2.24, 2.45) is 0 Å². The highest BCUT2D eigenvalue weighted by molar-refractivity contribution is 7.89. The van der Waals surface area contributed by atoms with Gasteiger partial charge in [-0.2, -0.15) is 18.9 Å². The summed E-state index contributed by atoms with van der Waals surface area (Å²) in [4.78, 5) is 4.21. The number of sulfonamides is 2. The van der Waals surface area contributed by atoms with Gasteiger partial charge >= 0.3 is 0 Å². The molecule has 0 N–H and O–H groups in total. The standard InChI is InChI=1S/C22H22N4O5S2/c1-16-3-7-18(8-4-16)21-24-20(15-23)22(31-21)33(29,30)26-13-11-25(12-14-26)32(27,28)19-9-5-17(2)6-10-19/h3-10H,11-14H2,1-2H3. The molecule has 1 aliphatic heterocycles. The Morgan fingerprint density at radius 1 is 0.818 bits per heavy atom. The molecule has 1 aliphatic rings. The molecular weight excluding hydrogens is 464 g/mol. The van der Waals surface area contributed by atoms with Gasteiger partial charge in [-0.3, -0.25) is 0 Å². The average Bonchev–Trinajstić information content (AvgIpc) is 3.25. The molecule has 9 nitrogen and oxygen atoms in total. The smallest absolute Gasteiger partial charge is 0.279 e. The first-order chi connectivity index (χ1) is 15.6. The van der Waals surface area contributed by atoms with Gasteiger partial charge in [-0.25, -0.2) is 16.8 Å². The molecule has 0 atom stereocenters. The van der Waals surface area contributed by atoms with E-state index in [2.05, 4.69) is 4.98 Å². The van der Waals surface area contributed by atoms with Crippen LogP contribution in [0.15, 0.2) is 62.9 Å². The Morgan fingerprint density at radius 2 is 1.30 bits per heavy atom. The quantitative estimate of drug-likeness (QED) is 0.543. The van der Waals surface area contributed by atoms with E-state index in [0.29, 0.717) is 5.56 Å². The minimum absolute atomic E-state index is 0.0176. The van der Waals surface area contributed by atoms with Crippen LogP contribution in [0.4, 0.5) is 0 Å². The van der Waals surface area contributed by atoms with E-state index in [9.17, 15) is 22.1 Å². The van der Waals surface area contributed by atoms with E-state index in [4.69, 9.17) is 4.42 Å². The van der Waals surface area contributed by atoms with Crippen LogP contribution in [0, 0.1) is 25.2 Å². The van der Waals surface area contributed by atoms with Crippen LogP contribution in [0.1, 0.15) is 16.8 Å². The summed E-state index contributed by atoms with van der Waals surface area (Å²) in [6, 6.07) is 15.4. The van der Waals surface area contributed by atoms with Gasteiger partial charge in [0.15, 0.2) is 5.69 Å². The van der Waals surface area contributed by atoms with E-state index in [1.165, 1.54) is 16.4 Å². The lowest BCUT2D eigenvalue weighted by Gasteiger charge is -2.32. The second kappa shape index (κ2) is 8.72. The molecule has 33 heavy (non-hydrogen) atoms. The summed E-state index contributed by atoms with van der Waals surface area (Å²) in [5.74, 6) is 0.0331. The Labute approximate surface area is 193 Å². The average molecular weight is 487 g/mol. The fourth-order valence-electron chi connectivity index (χ4n) is 3.50. The van der Waals surface area contributed by atoms with E-state index < -0.39 is 25.1 Å². The maximum atomic E-state index is 13.2. The predicted molar refractivity (Wildman–Crippen MR) is 120 cm³/mol. The molecule has 2 heterocycles. The summed E-state index contributed by atoms with van der Waals surface area (Å²) in [6.45, 7) is 3.60. The third kappa shape index (κ3) is 4.43. The van der Waals surface area contributed by atoms with Crippen molar-refractivity contribution in [2.45, 2.75) is 23.8 Å². The van der Waals surface area contributed by atoms with Crippen LogP contribution in [-0.2, 0) is 20.0 Å². The Hall–Kier alpha value is -3.04. The zero-order valence-electron chi connectivity index (χ0n) is 18.1. The highest BCUT2D eigenvalue weighted by Crippen LogP contribution is 2.28. The summed E-state index contributed by atoms with van der Waals surface area (Å²) in [7, 11) is -7.92. The number of aryl methyl sites for hydroxylation is 2. The van der Waals surface area contributed by atoms with Crippen molar-refractivity contribution >= 4 is 20.0 Å². The number of oxazole rings is 1. The molecule has 0 spiro atoms. The summed E-state index contributed by atoms with van der Waals surface area (Å²) in [6.07, 6.45) is 0. The zero-order chi connectivity index (χ0) is 23.8. The molecule has 0 amide bonds. The maximum Gasteiger partial charge on any atom is 0.279 e. The first-order valence-electron chi connectivity index (χ1n) is 10.2. The lowest BCUT2D eigenvalue weighted by Crippen LogP contribution is -2.50. The topological polar surface area (TPSA) is 125 Å². The fourth-order valence-corrected chi connectivity index (χ4v) is 6.32. The van der Waals surface area contributed by atoms with Crippen LogP contribution in [0.5, 0.6) is 0 Å². The lowest BCUT2D eigenvalue weighted by molar-refractivity contribution is 0.268.